The van der Waals surface area contributed by atoms with Gasteiger partial charge in [0.2, 0.25) is 0 Å². The van der Waals surface area contributed by atoms with Crippen LogP contribution in [0.1, 0.15) is 206 Å². The van der Waals surface area contributed by atoms with Crippen LogP contribution in [-0.4, -0.2) is 49.3 Å². The molecule has 0 aromatic carbocycles. The van der Waals surface area contributed by atoms with Gasteiger partial charge in [0, 0.05) is 19.4 Å². The quantitative estimate of drug-likeness (QED) is 0.0268. The first-order chi connectivity index (χ1) is 26.8. The Morgan fingerprint density at radius 1 is 0.545 bits per heavy atom. The van der Waals surface area contributed by atoms with Crippen LogP contribution in [0.5, 0.6) is 0 Å². The highest BCUT2D eigenvalue weighted by atomic mass is 31.2. The molecule has 0 saturated carbocycles. The average molecular weight is 798 g/mol. The van der Waals surface area contributed by atoms with Crippen LogP contribution in [0.15, 0.2) is 36.5 Å². The smallest absolute Gasteiger partial charge is 0.462 e. The van der Waals surface area contributed by atoms with E-state index in [1.807, 2.05) is 0 Å². The standard InChI is InChI=1S/C45H84NO8P/c1-3-5-7-9-11-13-15-17-19-20-21-22-24-25-27-29-31-33-35-37-44(47)51-41-43(42-53-55(49,50)52-40-39-46)54-45(48)38-36-34-32-30-28-26-23-18-16-14-12-10-8-6-4-2/h12,14,18,23,28,30,43H,3-11,13,15-17,19-22,24-27,29,31-42,46H2,1-2H3,(H,49,50). The van der Waals surface area contributed by atoms with Crippen molar-refractivity contribution in [2.45, 2.75) is 213 Å². The molecule has 0 heterocycles. The molecule has 10 heteroatoms. The first-order valence-corrected chi connectivity index (χ1v) is 24.0. The molecule has 0 aromatic rings. The number of rotatable bonds is 42. The molecule has 0 saturated heterocycles. The molecule has 9 nitrogen and oxygen atoms in total. The second kappa shape index (κ2) is 41.9. The highest BCUT2D eigenvalue weighted by Crippen LogP contribution is 2.43. The lowest BCUT2D eigenvalue weighted by atomic mass is 10.0. The van der Waals surface area contributed by atoms with Gasteiger partial charge in [0.15, 0.2) is 6.10 Å². The number of hydrogen-bond acceptors (Lipinski definition) is 8. The SMILES string of the molecule is CCCCCC=CCC=CCC=CCCCCC(=O)OC(COC(=O)CCCCCCCCCCCCCCCCCCCCC)COP(=O)(O)OCCN. The van der Waals surface area contributed by atoms with Gasteiger partial charge in [-0.1, -0.05) is 179 Å². The van der Waals surface area contributed by atoms with Crippen LogP contribution in [0.25, 0.3) is 0 Å². The summed E-state index contributed by atoms with van der Waals surface area (Å²) in [5.74, 6) is -0.867. The fourth-order valence-electron chi connectivity index (χ4n) is 6.17. The molecule has 0 radical (unpaired) electrons. The minimum atomic E-state index is -4.38. The summed E-state index contributed by atoms with van der Waals surface area (Å²) >= 11 is 0. The minimum Gasteiger partial charge on any atom is -0.462 e. The van der Waals surface area contributed by atoms with Gasteiger partial charge < -0.3 is 20.1 Å². The Morgan fingerprint density at radius 2 is 0.945 bits per heavy atom. The van der Waals surface area contributed by atoms with Crippen molar-refractivity contribution < 1.29 is 37.6 Å². The van der Waals surface area contributed by atoms with E-state index in [1.165, 1.54) is 122 Å². The third-order valence-corrected chi connectivity index (χ3v) is 10.5. The number of carbonyl (C=O) groups is 2. The predicted molar refractivity (Wildman–Crippen MR) is 229 cm³/mol. The van der Waals surface area contributed by atoms with Crippen molar-refractivity contribution in [2.75, 3.05) is 26.4 Å². The lowest BCUT2D eigenvalue weighted by Gasteiger charge is -2.19. The molecular formula is C45H84NO8P. The van der Waals surface area contributed by atoms with Crippen LogP contribution in [0.4, 0.5) is 0 Å². The molecule has 0 aliphatic carbocycles. The number of unbranched alkanes of at least 4 members (excludes halogenated alkanes) is 23. The van der Waals surface area contributed by atoms with E-state index in [1.54, 1.807) is 0 Å². The highest BCUT2D eigenvalue weighted by molar-refractivity contribution is 7.47. The topological polar surface area (TPSA) is 134 Å². The van der Waals surface area contributed by atoms with E-state index in [0.29, 0.717) is 6.42 Å². The minimum absolute atomic E-state index is 0.0478. The van der Waals surface area contributed by atoms with E-state index in [0.717, 1.165) is 51.4 Å². The molecule has 0 spiro atoms. The maximum absolute atomic E-state index is 12.6. The Bertz CT molecular complexity index is 1000. The summed E-state index contributed by atoms with van der Waals surface area (Å²) in [5.41, 5.74) is 5.35. The van der Waals surface area contributed by atoms with Gasteiger partial charge in [0.05, 0.1) is 13.2 Å². The van der Waals surface area contributed by atoms with Crippen molar-refractivity contribution in [1.29, 1.82) is 0 Å². The molecule has 0 aliphatic rings. The zero-order valence-electron chi connectivity index (χ0n) is 35.4. The van der Waals surface area contributed by atoms with E-state index in [9.17, 15) is 19.0 Å². The third-order valence-electron chi connectivity index (χ3n) is 9.53. The highest BCUT2D eigenvalue weighted by Gasteiger charge is 2.26. The first kappa shape index (κ1) is 53.2. The van der Waals surface area contributed by atoms with Crippen LogP contribution < -0.4 is 5.73 Å². The molecule has 0 bridgehead atoms. The maximum Gasteiger partial charge on any atom is 0.472 e. The molecule has 3 N–H and O–H groups in total. The van der Waals surface area contributed by atoms with Crippen molar-refractivity contribution in [3.8, 4) is 0 Å². The fourth-order valence-corrected chi connectivity index (χ4v) is 6.94. The van der Waals surface area contributed by atoms with Crippen molar-refractivity contribution in [3.05, 3.63) is 36.5 Å². The number of ether oxygens (including phenoxy) is 2. The van der Waals surface area contributed by atoms with Gasteiger partial charge in [-0.3, -0.25) is 18.6 Å². The molecule has 322 valence electrons. The second-order valence-electron chi connectivity index (χ2n) is 14.9. The van der Waals surface area contributed by atoms with Crippen molar-refractivity contribution >= 4 is 19.8 Å². The van der Waals surface area contributed by atoms with Gasteiger partial charge in [-0.15, -0.1) is 0 Å². The Hall–Kier alpha value is -1.77. The lowest BCUT2D eigenvalue weighted by Crippen LogP contribution is -2.29. The van der Waals surface area contributed by atoms with Crippen LogP contribution >= 0.6 is 7.82 Å². The Labute approximate surface area is 337 Å². The van der Waals surface area contributed by atoms with Crippen LogP contribution in [0.2, 0.25) is 0 Å². The van der Waals surface area contributed by atoms with E-state index in [-0.39, 0.29) is 38.6 Å². The number of nitrogens with two attached hydrogens (primary N) is 1. The van der Waals surface area contributed by atoms with Crippen LogP contribution in [-0.2, 0) is 32.7 Å². The molecular weight excluding hydrogens is 713 g/mol. The summed E-state index contributed by atoms with van der Waals surface area (Å²) in [7, 11) is -4.38. The number of hydrogen-bond donors (Lipinski definition) is 2. The molecule has 0 aromatic heterocycles. The largest absolute Gasteiger partial charge is 0.472 e. The number of phosphoric ester groups is 1. The first-order valence-electron chi connectivity index (χ1n) is 22.5. The van der Waals surface area contributed by atoms with E-state index in [2.05, 4.69) is 50.3 Å². The fraction of sp³-hybridized carbons (Fsp3) is 0.822. The van der Waals surface area contributed by atoms with E-state index < -0.39 is 26.5 Å². The summed E-state index contributed by atoms with van der Waals surface area (Å²) in [6, 6.07) is 0. The lowest BCUT2D eigenvalue weighted by molar-refractivity contribution is -0.161. The molecule has 55 heavy (non-hydrogen) atoms. The van der Waals surface area contributed by atoms with Crippen molar-refractivity contribution in [3.63, 3.8) is 0 Å². The molecule has 2 unspecified atom stereocenters. The summed E-state index contributed by atoms with van der Waals surface area (Å²) in [4.78, 5) is 34.9. The zero-order valence-corrected chi connectivity index (χ0v) is 36.3. The number of phosphoric acid groups is 1. The van der Waals surface area contributed by atoms with Gasteiger partial charge in [-0.2, -0.15) is 0 Å². The van der Waals surface area contributed by atoms with Crippen LogP contribution in [0, 0.1) is 0 Å². The van der Waals surface area contributed by atoms with E-state index in [4.69, 9.17) is 24.3 Å². The number of carbonyl (C=O) groups excluding carboxylic acids is 2. The molecule has 0 rings (SSSR count). The van der Waals surface area contributed by atoms with Gasteiger partial charge in [0.25, 0.3) is 0 Å². The molecule has 0 amide bonds. The summed E-state index contributed by atoms with van der Waals surface area (Å²) in [5, 5.41) is 0. The van der Waals surface area contributed by atoms with Gasteiger partial charge in [-0.05, 0) is 51.4 Å². The van der Waals surface area contributed by atoms with Crippen molar-refractivity contribution in [2.24, 2.45) is 5.73 Å². The molecule has 0 aliphatic heterocycles. The third kappa shape index (κ3) is 41.7. The monoisotopic (exact) mass is 798 g/mol. The number of allylic oxidation sites excluding steroid dienone is 6. The van der Waals surface area contributed by atoms with Gasteiger partial charge in [0.1, 0.15) is 6.61 Å². The van der Waals surface area contributed by atoms with Gasteiger partial charge in [-0.25, -0.2) is 4.57 Å². The molecule has 2 atom stereocenters. The Balaban J connectivity index is 4.14. The number of esters is 2. The Morgan fingerprint density at radius 3 is 1.44 bits per heavy atom. The van der Waals surface area contributed by atoms with Gasteiger partial charge >= 0.3 is 19.8 Å². The normalized spacial score (nSPS) is 13.6. The van der Waals surface area contributed by atoms with E-state index >= 15 is 0 Å². The summed E-state index contributed by atoms with van der Waals surface area (Å²) in [6.07, 6.45) is 46.1. The molecule has 0 fully saturated rings. The van der Waals surface area contributed by atoms with Crippen LogP contribution in [0.3, 0.4) is 0 Å². The summed E-state index contributed by atoms with van der Waals surface area (Å²) < 4.78 is 32.8. The maximum atomic E-state index is 12.6. The average Bonchev–Trinajstić information content (AvgIpc) is 3.17. The van der Waals surface area contributed by atoms with Crippen molar-refractivity contribution in [1.82, 2.24) is 0 Å². The Kier molecular flexibility index (Phi) is 40.5. The predicted octanol–water partition coefficient (Wildman–Crippen LogP) is 12.9. The zero-order chi connectivity index (χ0) is 40.3. The summed E-state index contributed by atoms with van der Waals surface area (Å²) in [6.45, 7) is 3.68. The second-order valence-corrected chi connectivity index (χ2v) is 16.4.